The second-order valence-electron chi connectivity index (χ2n) is 6.27. The number of rotatable bonds is 5. The van der Waals surface area contributed by atoms with Crippen LogP contribution in [-0.4, -0.2) is 43.6 Å². The Morgan fingerprint density at radius 3 is 2.54 bits per heavy atom. The van der Waals surface area contributed by atoms with Crippen molar-refractivity contribution < 1.29 is 19.0 Å². The highest BCUT2D eigenvalue weighted by Crippen LogP contribution is 2.24. The van der Waals surface area contributed by atoms with Gasteiger partial charge in [0.2, 0.25) is 0 Å². The number of hydrogen-bond acceptors (Lipinski definition) is 3. The minimum absolute atomic E-state index is 0.288. The maximum absolute atomic E-state index is 12.0. The molecule has 0 spiro atoms. The van der Waals surface area contributed by atoms with E-state index in [0.717, 1.165) is 30.2 Å². The number of carbonyl (C=O) groups excluding carboxylic acids is 1. The smallest absolute Gasteiger partial charge is 0.338 e. The normalized spacial score (nSPS) is 13.3. The lowest BCUT2D eigenvalue weighted by Gasteiger charge is -2.08. The van der Waals surface area contributed by atoms with Crippen LogP contribution in [0.25, 0.3) is 0 Å². The summed E-state index contributed by atoms with van der Waals surface area (Å²) < 4.78 is 7.32. The Hall–Kier alpha value is -2.66. The third-order valence-electron chi connectivity index (χ3n) is 4.16. The molecule has 0 fully saturated rings. The van der Waals surface area contributed by atoms with E-state index in [0.29, 0.717) is 12.2 Å². The first kappa shape index (κ1) is 16.2. The van der Waals surface area contributed by atoms with Gasteiger partial charge in [0.1, 0.15) is 25.4 Å². The molecule has 0 amide bonds. The fourth-order valence-electron chi connectivity index (χ4n) is 2.75. The van der Waals surface area contributed by atoms with Gasteiger partial charge in [0.15, 0.2) is 0 Å². The predicted octanol–water partition coefficient (Wildman–Crippen LogP) is 0.551. The van der Waals surface area contributed by atoms with Crippen LogP contribution in [0.3, 0.4) is 0 Å². The summed E-state index contributed by atoms with van der Waals surface area (Å²) in [5, 5.41) is 0. The summed E-state index contributed by atoms with van der Waals surface area (Å²) in [6.45, 7) is 1.96. The van der Waals surface area contributed by atoms with E-state index in [1.54, 1.807) is 12.1 Å². The van der Waals surface area contributed by atoms with E-state index in [9.17, 15) is 4.79 Å². The van der Waals surface area contributed by atoms with E-state index in [-0.39, 0.29) is 5.97 Å². The van der Waals surface area contributed by atoms with E-state index >= 15 is 0 Å². The lowest BCUT2D eigenvalue weighted by atomic mass is 10.1. The van der Waals surface area contributed by atoms with E-state index in [4.69, 9.17) is 10.5 Å². The number of amidine groups is 1. The highest BCUT2D eigenvalue weighted by Gasteiger charge is 2.25. The molecule has 0 unspecified atom stereocenters. The molecule has 5 heteroatoms. The molecule has 3 N–H and O–H groups in total. The molecule has 0 saturated carbocycles. The van der Waals surface area contributed by atoms with Crippen molar-refractivity contribution in [1.29, 1.82) is 0 Å². The number of nitrogens with two attached hydrogens (primary N) is 1. The molecule has 0 atom stereocenters. The van der Waals surface area contributed by atoms with Crippen LogP contribution < -0.4 is 10.6 Å². The van der Waals surface area contributed by atoms with Gasteiger partial charge in [0, 0.05) is 5.56 Å². The Balaban J connectivity index is 1.72. The van der Waals surface area contributed by atoms with E-state index in [1.165, 1.54) is 10.5 Å². The monoisotopic (exact) mass is 325 g/mol. The van der Waals surface area contributed by atoms with E-state index in [2.05, 4.69) is 10.6 Å². The number of hydrogen-bond donors (Lipinski definition) is 2. The number of nitrogens with zero attached hydrogens (tertiary/aromatic N) is 1. The molecule has 1 heterocycles. The first-order valence-corrected chi connectivity index (χ1v) is 8.10. The van der Waals surface area contributed by atoms with Crippen LogP contribution in [-0.2, 0) is 11.3 Å². The van der Waals surface area contributed by atoms with E-state index < -0.39 is 0 Å². The van der Waals surface area contributed by atoms with Crippen LogP contribution >= 0.6 is 0 Å². The zero-order valence-electron chi connectivity index (χ0n) is 14.1. The van der Waals surface area contributed by atoms with Gasteiger partial charge in [0.25, 0.3) is 5.84 Å². The first-order chi connectivity index (χ1) is 11.6. The zero-order chi connectivity index (χ0) is 17.1. The molecular formula is C19H23N3O2+2. The second kappa shape index (κ2) is 6.84. The Morgan fingerprint density at radius 1 is 1.17 bits per heavy atom. The van der Waals surface area contributed by atoms with Gasteiger partial charge in [-0.2, -0.15) is 0 Å². The van der Waals surface area contributed by atoms with Crippen molar-refractivity contribution >= 4 is 17.5 Å². The Kier molecular flexibility index (Phi) is 4.62. The van der Waals surface area contributed by atoms with Gasteiger partial charge in [-0.25, -0.2) is 9.37 Å². The van der Waals surface area contributed by atoms with Crippen LogP contribution in [0.15, 0.2) is 48.5 Å². The number of benzene rings is 2. The predicted molar refractivity (Wildman–Crippen MR) is 92.8 cm³/mol. The number of esters is 1. The van der Waals surface area contributed by atoms with Crippen molar-refractivity contribution in [2.45, 2.75) is 6.54 Å². The van der Waals surface area contributed by atoms with Gasteiger partial charge in [-0.05, 0) is 30.3 Å². The number of ether oxygens (including phenoxy) is 1. The van der Waals surface area contributed by atoms with Crippen LogP contribution in [0.4, 0.5) is 5.69 Å². The summed E-state index contributed by atoms with van der Waals surface area (Å²) >= 11 is 0. The Bertz CT molecular complexity index is 779. The molecule has 2 aromatic rings. The van der Waals surface area contributed by atoms with Gasteiger partial charge in [-0.3, -0.25) is 5.73 Å². The SMILES string of the molecule is C[NH+](C)CCOC(=O)c1ccc([N+]2=C(N)c3ccccc3C2)cc1. The van der Waals surface area contributed by atoms with E-state index in [1.807, 2.05) is 44.4 Å². The molecule has 0 aliphatic carbocycles. The molecule has 0 saturated heterocycles. The van der Waals surface area contributed by atoms with Crippen molar-refractivity contribution in [3.05, 3.63) is 65.2 Å². The topological polar surface area (TPSA) is 59.8 Å². The molecule has 124 valence electrons. The summed E-state index contributed by atoms with van der Waals surface area (Å²) in [5.74, 6) is 0.458. The molecular weight excluding hydrogens is 302 g/mol. The van der Waals surface area contributed by atoms with Crippen molar-refractivity contribution in [3.63, 3.8) is 0 Å². The molecule has 1 aliphatic heterocycles. The average molecular weight is 325 g/mol. The molecule has 0 radical (unpaired) electrons. The van der Waals surface area contributed by atoms with Gasteiger partial charge in [-0.15, -0.1) is 0 Å². The summed E-state index contributed by atoms with van der Waals surface area (Å²) in [7, 11) is 4.05. The molecule has 0 aromatic heterocycles. The third-order valence-corrected chi connectivity index (χ3v) is 4.16. The lowest BCUT2D eigenvalue weighted by Crippen LogP contribution is -3.06. The Morgan fingerprint density at radius 2 is 1.88 bits per heavy atom. The molecule has 2 aromatic carbocycles. The quantitative estimate of drug-likeness (QED) is 0.623. The molecule has 0 bridgehead atoms. The summed E-state index contributed by atoms with van der Waals surface area (Å²) in [6.07, 6.45) is 0. The second-order valence-corrected chi connectivity index (χ2v) is 6.27. The van der Waals surface area contributed by atoms with Crippen LogP contribution in [0.5, 0.6) is 0 Å². The minimum atomic E-state index is -0.288. The minimum Gasteiger partial charge on any atom is -0.456 e. The number of carbonyl (C=O) groups is 1. The van der Waals surface area contributed by atoms with Crippen molar-refractivity contribution in [2.75, 3.05) is 27.2 Å². The molecule has 24 heavy (non-hydrogen) atoms. The molecule has 3 rings (SSSR count). The highest BCUT2D eigenvalue weighted by molar-refractivity contribution is 5.97. The first-order valence-electron chi connectivity index (χ1n) is 8.10. The molecule has 1 aliphatic rings. The van der Waals surface area contributed by atoms with Crippen molar-refractivity contribution in [3.8, 4) is 0 Å². The maximum Gasteiger partial charge on any atom is 0.338 e. The van der Waals surface area contributed by atoms with Crippen LogP contribution in [0.2, 0.25) is 0 Å². The average Bonchev–Trinajstić information content (AvgIpc) is 2.92. The van der Waals surface area contributed by atoms with Gasteiger partial charge < -0.3 is 9.64 Å². The standard InChI is InChI=1S/C19H21N3O2/c1-21(2)11-12-24-19(23)14-7-9-16(10-8-14)22-13-15-5-3-4-6-17(15)18(22)20/h3-10,20H,11-13H2,1-2H3/p+2. The highest BCUT2D eigenvalue weighted by atomic mass is 16.5. The largest absolute Gasteiger partial charge is 0.456 e. The number of likely N-dealkylation sites (N-methyl/N-ethyl adjacent to an activating group) is 1. The van der Waals surface area contributed by atoms with Crippen molar-refractivity contribution in [2.24, 2.45) is 5.73 Å². The van der Waals surface area contributed by atoms with Gasteiger partial charge in [0.05, 0.1) is 25.2 Å². The summed E-state index contributed by atoms with van der Waals surface area (Å²) in [5.41, 5.74) is 10.1. The van der Waals surface area contributed by atoms with Crippen molar-refractivity contribution in [1.82, 2.24) is 0 Å². The number of nitrogens with one attached hydrogen (secondary N) is 1. The summed E-state index contributed by atoms with van der Waals surface area (Å²) in [4.78, 5) is 13.3. The Labute approximate surface area is 142 Å². The fourth-order valence-corrected chi connectivity index (χ4v) is 2.75. The third kappa shape index (κ3) is 3.31. The fraction of sp³-hybridized carbons (Fsp3) is 0.263. The number of quaternary nitrogens is 1. The number of fused-ring (bicyclic) bond motifs is 1. The van der Waals surface area contributed by atoms with Crippen LogP contribution in [0.1, 0.15) is 21.5 Å². The zero-order valence-corrected chi connectivity index (χ0v) is 14.1. The lowest BCUT2D eigenvalue weighted by molar-refractivity contribution is -0.858. The molecule has 5 nitrogen and oxygen atoms in total. The van der Waals surface area contributed by atoms with Crippen LogP contribution in [0, 0.1) is 0 Å². The summed E-state index contributed by atoms with van der Waals surface area (Å²) in [6, 6.07) is 15.5. The van der Waals surface area contributed by atoms with Gasteiger partial charge in [-0.1, -0.05) is 18.2 Å². The van der Waals surface area contributed by atoms with Gasteiger partial charge >= 0.3 is 5.97 Å². The maximum atomic E-state index is 12.0.